The minimum Gasteiger partial charge on any atom is -0.488 e. The van der Waals surface area contributed by atoms with Crippen LogP contribution in [0.25, 0.3) is 0 Å². The van der Waals surface area contributed by atoms with E-state index in [2.05, 4.69) is 11.9 Å². The van der Waals surface area contributed by atoms with Gasteiger partial charge in [0.15, 0.2) is 0 Å². The van der Waals surface area contributed by atoms with Crippen LogP contribution in [-0.2, 0) is 13.0 Å². The minimum absolute atomic E-state index is 0.412. The van der Waals surface area contributed by atoms with Crippen molar-refractivity contribution < 1.29 is 4.74 Å². The van der Waals surface area contributed by atoms with Gasteiger partial charge in [0.2, 0.25) is 0 Å². The van der Waals surface area contributed by atoms with Crippen molar-refractivity contribution in [3.05, 3.63) is 23.5 Å². The SMILES string of the molecule is CCc1ccc(OC2CC2)c(CN)n1. The van der Waals surface area contributed by atoms with Crippen molar-refractivity contribution in [2.24, 2.45) is 5.73 Å². The van der Waals surface area contributed by atoms with Gasteiger partial charge in [-0.2, -0.15) is 0 Å². The second-order valence-corrected chi connectivity index (χ2v) is 3.62. The third-order valence-corrected chi connectivity index (χ3v) is 2.36. The number of nitrogens with two attached hydrogens (primary N) is 1. The Labute approximate surface area is 84.3 Å². The lowest BCUT2D eigenvalue weighted by molar-refractivity contribution is 0.298. The predicted octanol–water partition coefficient (Wildman–Crippen LogP) is 1.64. The molecule has 0 aliphatic heterocycles. The Bertz CT molecular complexity index is 321. The third-order valence-electron chi connectivity index (χ3n) is 2.36. The fraction of sp³-hybridized carbons (Fsp3) is 0.545. The van der Waals surface area contributed by atoms with Crippen LogP contribution in [0.5, 0.6) is 5.75 Å². The molecule has 0 bridgehead atoms. The van der Waals surface area contributed by atoms with Gasteiger partial charge in [-0.05, 0) is 31.4 Å². The normalized spacial score (nSPS) is 15.6. The average Bonchev–Trinajstić information content (AvgIpc) is 3.02. The maximum Gasteiger partial charge on any atom is 0.142 e. The standard InChI is InChI=1S/C11H16N2O/c1-2-8-3-6-11(10(7-12)13-8)14-9-4-5-9/h3,6,9H,2,4-5,7,12H2,1H3. The molecule has 0 unspecified atom stereocenters. The first-order valence-corrected chi connectivity index (χ1v) is 5.19. The van der Waals surface area contributed by atoms with E-state index >= 15 is 0 Å². The Hall–Kier alpha value is -1.09. The molecule has 0 radical (unpaired) electrons. The summed E-state index contributed by atoms with van der Waals surface area (Å²) in [5.41, 5.74) is 7.59. The van der Waals surface area contributed by atoms with Crippen molar-refractivity contribution in [1.82, 2.24) is 4.98 Å². The summed E-state index contributed by atoms with van der Waals surface area (Å²) in [7, 11) is 0. The van der Waals surface area contributed by atoms with Gasteiger partial charge in [0, 0.05) is 12.2 Å². The molecular weight excluding hydrogens is 176 g/mol. The summed E-state index contributed by atoms with van der Waals surface area (Å²) in [6, 6.07) is 4.00. The summed E-state index contributed by atoms with van der Waals surface area (Å²) >= 11 is 0. The lowest BCUT2D eigenvalue weighted by Crippen LogP contribution is -2.07. The lowest BCUT2D eigenvalue weighted by Gasteiger charge is -2.09. The molecule has 3 heteroatoms. The zero-order valence-corrected chi connectivity index (χ0v) is 8.49. The van der Waals surface area contributed by atoms with E-state index in [1.54, 1.807) is 0 Å². The smallest absolute Gasteiger partial charge is 0.142 e. The summed E-state index contributed by atoms with van der Waals surface area (Å²) < 4.78 is 5.70. The van der Waals surface area contributed by atoms with Crippen molar-refractivity contribution >= 4 is 0 Å². The fourth-order valence-corrected chi connectivity index (χ4v) is 1.35. The fourth-order valence-electron chi connectivity index (χ4n) is 1.35. The number of hydrogen-bond acceptors (Lipinski definition) is 3. The van der Waals surface area contributed by atoms with Gasteiger partial charge in [-0.25, -0.2) is 0 Å². The van der Waals surface area contributed by atoms with Gasteiger partial charge < -0.3 is 10.5 Å². The van der Waals surface area contributed by atoms with Crippen molar-refractivity contribution in [3.63, 3.8) is 0 Å². The van der Waals surface area contributed by atoms with E-state index in [0.717, 1.165) is 23.6 Å². The van der Waals surface area contributed by atoms with Crippen LogP contribution >= 0.6 is 0 Å². The van der Waals surface area contributed by atoms with Gasteiger partial charge in [0.05, 0.1) is 11.8 Å². The highest BCUT2D eigenvalue weighted by Gasteiger charge is 2.24. The van der Waals surface area contributed by atoms with Crippen LogP contribution in [0.4, 0.5) is 0 Å². The topological polar surface area (TPSA) is 48.1 Å². The zero-order valence-electron chi connectivity index (χ0n) is 8.49. The predicted molar refractivity (Wildman–Crippen MR) is 55.2 cm³/mol. The lowest BCUT2D eigenvalue weighted by atomic mass is 10.2. The number of hydrogen-bond donors (Lipinski definition) is 1. The number of aromatic nitrogens is 1. The molecule has 1 aromatic heterocycles. The second-order valence-electron chi connectivity index (χ2n) is 3.62. The number of aryl methyl sites for hydroxylation is 1. The van der Waals surface area contributed by atoms with Crippen LogP contribution in [0, 0.1) is 0 Å². The quantitative estimate of drug-likeness (QED) is 0.789. The summed E-state index contributed by atoms with van der Waals surface area (Å²) in [5, 5.41) is 0. The van der Waals surface area contributed by atoms with Gasteiger partial charge in [-0.1, -0.05) is 6.92 Å². The summed E-state index contributed by atoms with van der Waals surface area (Å²) in [4.78, 5) is 4.44. The number of nitrogens with zero attached hydrogens (tertiary/aromatic N) is 1. The van der Waals surface area contributed by atoms with Crippen LogP contribution in [0.15, 0.2) is 12.1 Å². The molecule has 1 fully saturated rings. The first-order chi connectivity index (χ1) is 6.83. The Morgan fingerprint density at radius 3 is 2.86 bits per heavy atom. The Kier molecular flexibility index (Phi) is 2.68. The monoisotopic (exact) mass is 192 g/mol. The van der Waals surface area contributed by atoms with Gasteiger partial charge in [0.25, 0.3) is 0 Å². The summed E-state index contributed by atoms with van der Waals surface area (Å²) in [6.07, 6.45) is 3.69. The first-order valence-electron chi connectivity index (χ1n) is 5.19. The molecule has 1 aliphatic carbocycles. The highest BCUT2D eigenvalue weighted by Crippen LogP contribution is 2.28. The van der Waals surface area contributed by atoms with Gasteiger partial charge >= 0.3 is 0 Å². The molecule has 2 rings (SSSR count). The van der Waals surface area contributed by atoms with E-state index in [-0.39, 0.29) is 0 Å². The molecule has 1 aromatic rings. The summed E-state index contributed by atoms with van der Waals surface area (Å²) in [6.45, 7) is 2.54. The van der Waals surface area contributed by atoms with Gasteiger partial charge in [-0.3, -0.25) is 4.98 Å². The molecule has 3 nitrogen and oxygen atoms in total. The van der Waals surface area contributed by atoms with Crippen LogP contribution in [0.1, 0.15) is 31.2 Å². The number of ether oxygens (including phenoxy) is 1. The van der Waals surface area contributed by atoms with Crippen LogP contribution in [0.2, 0.25) is 0 Å². The molecule has 0 aromatic carbocycles. The third kappa shape index (κ3) is 2.04. The second kappa shape index (κ2) is 3.96. The molecule has 0 saturated heterocycles. The maximum absolute atomic E-state index is 5.70. The highest BCUT2D eigenvalue weighted by atomic mass is 16.5. The van der Waals surface area contributed by atoms with Gasteiger partial charge in [0.1, 0.15) is 5.75 Å². The van der Waals surface area contributed by atoms with Crippen LogP contribution in [0.3, 0.4) is 0 Å². The van der Waals surface area contributed by atoms with Crippen molar-refractivity contribution in [3.8, 4) is 5.75 Å². The van der Waals surface area contributed by atoms with E-state index < -0.39 is 0 Å². The van der Waals surface area contributed by atoms with E-state index in [0.29, 0.717) is 12.6 Å². The Morgan fingerprint density at radius 2 is 2.29 bits per heavy atom. The van der Waals surface area contributed by atoms with E-state index in [4.69, 9.17) is 10.5 Å². The average molecular weight is 192 g/mol. The largest absolute Gasteiger partial charge is 0.488 e. The molecule has 2 N–H and O–H groups in total. The van der Waals surface area contributed by atoms with E-state index in [1.165, 1.54) is 12.8 Å². The van der Waals surface area contributed by atoms with Crippen molar-refractivity contribution in [2.75, 3.05) is 0 Å². The van der Waals surface area contributed by atoms with E-state index in [1.807, 2.05) is 12.1 Å². The minimum atomic E-state index is 0.412. The molecular formula is C11H16N2O. The molecule has 76 valence electrons. The van der Waals surface area contributed by atoms with Crippen LogP contribution in [-0.4, -0.2) is 11.1 Å². The Balaban J connectivity index is 2.19. The molecule has 1 aliphatic rings. The Morgan fingerprint density at radius 1 is 1.50 bits per heavy atom. The molecule has 1 heterocycles. The van der Waals surface area contributed by atoms with Crippen LogP contribution < -0.4 is 10.5 Å². The maximum atomic E-state index is 5.70. The number of pyridine rings is 1. The molecule has 0 amide bonds. The molecule has 14 heavy (non-hydrogen) atoms. The summed E-state index contributed by atoms with van der Waals surface area (Å²) in [5.74, 6) is 0.868. The molecule has 1 saturated carbocycles. The van der Waals surface area contributed by atoms with Crippen molar-refractivity contribution in [1.29, 1.82) is 0 Å². The molecule has 0 atom stereocenters. The highest BCUT2D eigenvalue weighted by molar-refractivity contribution is 5.30. The van der Waals surface area contributed by atoms with E-state index in [9.17, 15) is 0 Å². The zero-order chi connectivity index (χ0) is 9.97. The van der Waals surface area contributed by atoms with Crippen molar-refractivity contribution in [2.45, 2.75) is 38.8 Å². The first kappa shape index (κ1) is 9.46. The number of rotatable bonds is 4. The van der Waals surface area contributed by atoms with Gasteiger partial charge in [-0.15, -0.1) is 0 Å². The molecule has 0 spiro atoms.